The van der Waals surface area contributed by atoms with E-state index >= 15 is 0 Å². The lowest BCUT2D eigenvalue weighted by molar-refractivity contribution is -0.153. The maximum absolute atomic E-state index is 13.2. The van der Waals surface area contributed by atoms with Crippen LogP contribution in [0.4, 0.5) is 18.9 Å². The van der Waals surface area contributed by atoms with Crippen LogP contribution in [0.2, 0.25) is 0 Å². The molecular weight excluding hydrogens is 411 g/mol. The Labute approximate surface area is 176 Å². The predicted octanol–water partition coefficient (Wildman–Crippen LogP) is 3.74. The number of carbonyl (C=O) groups excluding carboxylic acids is 2. The summed E-state index contributed by atoms with van der Waals surface area (Å²) in [6.45, 7) is 0.116. The standard InChI is InChI=1S/C23H18F3NO4/c24-23(25,26)15-7-4-8-16(11-15)27-13-22-10-9-17(31-22)18(19(22)20(27)28)21(29)30-12-14-5-2-1-3-6-14/h1-11,17-19H,12-13H2. The van der Waals surface area contributed by atoms with E-state index in [0.29, 0.717) is 0 Å². The van der Waals surface area contributed by atoms with E-state index in [0.717, 1.165) is 17.7 Å². The van der Waals surface area contributed by atoms with Gasteiger partial charge in [0.2, 0.25) is 5.91 Å². The molecule has 2 bridgehead atoms. The molecular formula is C23H18F3NO4. The molecule has 5 nitrogen and oxygen atoms in total. The predicted molar refractivity (Wildman–Crippen MR) is 104 cm³/mol. The van der Waals surface area contributed by atoms with Gasteiger partial charge in [-0.2, -0.15) is 13.2 Å². The molecule has 4 atom stereocenters. The third-order valence-electron chi connectivity index (χ3n) is 6.08. The summed E-state index contributed by atoms with van der Waals surface area (Å²) in [6, 6.07) is 13.8. The molecule has 0 saturated carbocycles. The summed E-state index contributed by atoms with van der Waals surface area (Å²) in [7, 11) is 0. The number of esters is 1. The molecule has 31 heavy (non-hydrogen) atoms. The van der Waals surface area contributed by atoms with E-state index in [2.05, 4.69) is 0 Å². The Morgan fingerprint density at radius 3 is 2.68 bits per heavy atom. The average Bonchev–Trinajstić information content (AvgIpc) is 3.40. The van der Waals surface area contributed by atoms with Crippen molar-refractivity contribution in [3.63, 3.8) is 0 Å². The van der Waals surface area contributed by atoms with Crippen LogP contribution in [0.25, 0.3) is 0 Å². The van der Waals surface area contributed by atoms with Gasteiger partial charge in [-0.1, -0.05) is 48.6 Å². The molecule has 1 amide bonds. The van der Waals surface area contributed by atoms with Crippen molar-refractivity contribution in [2.24, 2.45) is 11.8 Å². The zero-order valence-corrected chi connectivity index (χ0v) is 16.2. The second-order valence-corrected chi connectivity index (χ2v) is 7.97. The van der Waals surface area contributed by atoms with Crippen LogP contribution in [0.1, 0.15) is 11.1 Å². The van der Waals surface area contributed by atoms with Crippen molar-refractivity contribution < 1.29 is 32.2 Å². The molecule has 0 aliphatic carbocycles. The van der Waals surface area contributed by atoms with E-state index in [1.54, 1.807) is 12.2 Å². The molecule has 0 aromatic heterocycles. The molecule has 2 fully saturated rings. The molecule has 3 heterocycles. The molecule has 0 radical (unpaired) electrons. The Hall–Kier alpha value is -3.13. The number of nitrogens with zero attached hydrogens (tertiary/aromatic N) is 1. The van der Waals surface area contributed by atoms with E-state index in [-0.39, 0.29) is 18.8 Å². The summed E-state index contributed by atoms with van der Waals surface area (Å²) in [5, 5.41) is 0. The van der Waals surface area contributed by atoms with Gasteiger partial charge in [0.05, 0.1) is 24.1 Å². The number of ether oxygens (including phenoxy) is 2. The summed E-state index contributed by atoms with van der Waals surface area (Å²) < 4.78 is 50.8. The van der Waals surface area contributed by atoms with Crippen molar-refractivity contribution in [2.45, 2.75) is 24.5 Å². The Kier molecular flexibility index (Phi) is 4.44. The highest BCUT2D eigenvalue weighted by molar-refractivity contribution is 6.02. The van der Waals surface area contributed by atoms with Gasteiger partial charge in [0.1, 0.15) is 18.1 Å². The molecule has 160 valence electrons. The molecule has 2 saturated heterocycles. The highest BCUT2D eigenvalue weighted by Crippen LogP contribution is 2.53. The van der Waals surface area contributed by atoms with Crippen LogP contribution in [-0.2, 0) is 31.8 Å². The maximum atomic E-state index is 13.2. The van der Waals surface area contributed by atoms with E-state index < -0.39 is 47.2 Å². The van der Waals surface area contributed by atoms with Crippen molar-refractivity contribution in [1.82, 2.24) is 0 Å². The van der Waals surface area contributed by atoms with E-state index in [1.807, 2.05) is 30.3 Å². The highest BCUT2D eigenvalue weighted by Gasteiger charge is 2.67. The maximum Gasteiger partial charge on any atom is 0.416 e. The van der Waals surface area contributed by atoms with E-state index in [1.165, 1.54) is 17.0 Å². The Morgan fingerprint density at radius 2 is 1.94 bits per heavy atom. The lowest BCUT2D eigenvalue weighted by atomic mass is 9.77. The van der Waals surface area contributed by atoms with Crippen molar-refractivity contribution in [3.05, 3.63) is 77.9 Å². The third-order valence-corrected chi connectivity index (χ3v) is 6.08. The second-order valence-electron chi connectivity index (χ2n) is 7.97. The number of fused-ring (bicyclic) bond motifs is 1. The Balaban J connectivity index is 1.39. The molecule has 1 spiro atoms. The van der Waals surface area contributed by atoms with Crippen molar-refractivity contribution in [1.29, 1.82) is 0 Å². The van der Waals surface area contributed by atoms with Crippen LogP contribution in [0.3, 0.4) is 0 Å². The minimum absolute atomic E-state index is 0.0489. The number of benzene rings is 2. The number of hydrogen-bond acceptors (Lipinski definition) is 4. The fraction of sp³-hybridized carbons (Fsp3) is 0.304. The van der Waals surface area contributed by atoms with Gasteiger partial charge in [-0.25, -0.2) is 0 Å². The molecule has 3 aliphatic rings. The molecule has 2 aromatic carbocycles. The molecule has 0 N–H and O–H groups in total. The fourth-order valence-electron chi connectivity index (χ4n) is 4.66. The van der Waals surface area contributed by atoms with E-state index in [4.69, 9.17) is 9.47 Å². The van der Waals surface area contributed by atoms with Gasteiger partial charge >= 0.3 is 12.1 Å². The van der Waals surface area contributed by atoms with Crippen LogP contribution in [0, 0.1) is 11.8 Å². The number of rotatable bonds is 4. The summed E-state index contributed by atoms with van der Waals surface area (Å²) in [6.07, 6.45) is -1.63. The topological polar surface area (TPSA) is 55.8 Å². The number of alkyl halides is 3. The lowest BCUT2D eigenvalue weighted by Gasteiger charge is -2.22. The SMILES string of the molecule is O=C(OCc1ccccc1)C1C2C=CC3(CN(c4cccc(C(F)(F)F)c4)C(=O)C13)O2. The van der Waals surface area contributed by atoms with Crippen molar-refractivity contribution >= 4 is 17.6 Å². The average molecular weight is 429 g/mol. The summed E-state index contributed by atoms with van der Waals surface area (Å²) >= 11 is 0. The molecule has 3 aliphatic heterocycles. The first-order valence-corrected chi connectivity index (χ1v) is 9.85. The Morgan fingerprint density at radius 1 is 1.16 bits per heavy atom. The number of halogens is 3. The fourth-order valence-corrected chi connectivity index (χ4v) is 4.66. The number of anilines is 1. The first-order chi connectivity index (χ1) is 14.8. The van der Waals surface area contributed by atoms with Crippen LogP contribution < -0.4 is 4.90 Å². The van der Waals surface area contributed by atoms with Gasteiger partial charge in [0, 0.05) is 5.69 Å². The Bertz CT molecular complexity index is 1070. The van der Waals surface area contributed by atoms with Gasteiger partial charge in [-0.15, -0.1) is 0 Å². The number of hydrogen-bond donors (Lipinski definition) is 0. The number of carbonyl (C=O) groups is 2. The molecule has 8 heteroatoms. The zero-order valence-electron chi connectivity index (χ0n) is 16.2. The largest absolute Gasteiger partial charge is 0.460 e. The zero-order chi connectivity index (χ0) is 21.8. The summed E-state index contributed by atoms with van der Waals surface area (Å²) in [5.41, 5.74) is -0.937. The minimum Gasteiger partial charge on any atom is -0.460 e. The summed E-state index contributed by atoms with van der Waals surface area (Å²) in [4.78, 5) is 27.4. The highest BCUT2D eigenvalue weighted by atomic mass is 19.4. The minimum atomic E-state index is -4.52. The van der Waals surface area contributed by atoms with Gasteiger partial charge < -0.3 is 14.4 Å². The van der Waals surface area contributed by atoms with Gasteiger partial charge in [0.25, 0.3) is 0 Å². The van der Waals surface area contributed by atoms with E-state index in [9.17, 15) is 22.8 Å². The summed E-state index contributed by atoms with van der Waals surface area (Å²) in [5.74, 6) is -2.66. The van der Waals surface area contributed by atoms with Crippen LogP contribution in [-0.4, -0.2) is 30.1 Å². The first kappa shape index (κ1) is 19.8. The lowest BCUT2D eigenvalue weighted by Crippen LogP contribution is -2.40. The van der Waals surface area contributed by atoms with Gasteiger partial charge in [-0.05, 0) is 23.8 Å². The normalized spacial score (nSPS) is 28.8. The molecule has 5 rings (SSSR count). The second kappa shape index (κ2) is 6.95. The molecule has 2 aromatic rings. The van der Waals surface area contributed by atoms with Crippen LogP contribution in [0.5, 0.6) is 0 Å². The van der Waals surface area contributed by atoms with Gasteiger partial charge in [0.15, 0.2) is 0 Å². The monoisotopic (exact) mass is 429 g/mol. The molecule has 4 unspecified atom stereocenters. The third kappa shape index (κ3) is 3.22. The van der Waals surface area contributed by atoms with Crippen molar-refractivity contribution in [2.75, 3.05) is 11.4 Å². The van der Waals surface area contributed by atoms with Gasteiger partial charge in [-0.3, -0.25) is 9.59 Å². The quantitative estimate of drug-likeness (QED) is 0.549. The smallest absolute Gasteiger partial charge is 0.416 e. The number of amides is 1. The van der Waals surface area contributed by atoms with Crippen LogP contribution in [0.15, 0.2) is 66.7 Å². The first-order valence-electron chi connectivity index (χ1n) is 9.85. The van der Waals surface area contributed by atoms with Crippen molar-refractivity contribution in [3.8, 4) is 0 Å². The van der Waals surface area contributed by atoms with Crippen LogP contribution >= 0.6 is 0 Å².